The molecule has 9 nitrogen and oxygen atoms in total. The van der Waals surface area contributed by atoms with E-state index in [1.807, 2.05) is 30.3 Å². The number of imidazole rings is 1. The predicted octanol–water partition coefficient (Wildman–Crippen LogP) is 2.44. The highest BCUT2D eigenvalue weighted by Gasteiger charge is 2.10. The van der Waals surface area contributed by atoms with Crippen LogP contribution in [0.1, 0.15) is 12.5 Å². The number of nitrogens with zero attached hydrogens (tertiary/aromatic N) is 4. The molecule has 166 valence electrons. The molecule has 2 N–H and O–H groups in total. The Hall–Kier alpha value is -3.50. The summed E-state index contributed by atoms with van der Waals surface area (Å²) in [6.45, 7) is 2.47. The monoisotopic (exact) mass is 452 g/mol. The van der Waals surface area contributed by atoms with Gasteiger partial charge in [-0.25, -0.2) is 27.9 Å². The minimum Gasteiger partial charge on any atom is -0.340 e. The Morgan fingerprint density at radius 1 is 1.06 bits per heavy atom. The fraction of sp³-hybridized carbons (Fsp3) is 0.227. The van der Waals surface area contributed by atoms with Crippen LogP contribution in [0.4, 0.5) is 11.5 Å². The van der Waals surface area contributed by atoms with Gasteiger partial charge in [-0.3, -0.25) is 9.13 Å². The number of anilines is 2. The van der Waals surface area contributed by atoms with E-state index in [0.29, 0.717) is 11.5 Å². The van der Waals surface area contributed by atoms with Crippen LogP contribution in [0.2, 0.25) is 0 Å². The van der Waals surface area contributed by atoms with Gasteiger partial charge in [0.2, 0.25) is 10.0 Å². The third kappa shape index (κ3) is 4.87. The molecule has 0 saturated carbocycles. The Morgan fingerprint density at radius 2 is 1.91 bits per heavy atom. The predicted molar refractivity (Wildman–Crippen MR) is 125 cm³/mol. The molecule has 2 aromatic carbocycles. The zero-order chi connectivity index (χ0) is 22.7. The molecule has 0 saturated heterocycles. The summed E-state index contributed by atoms with van der Waals surface area (Å²) in [6.07, 6.45) is 6.82. The summed E-state index contributed by atoms with van der Waals surface area (Å²) >= 11 is 0. The molecule has 0 unspecified atom stereocenters. The highest BCUT2D eigenvalue weighted by Crippen LogP contribution is 2.25. The highest BCUT2D eigenvalue weighted by molar-refractivity contribution is 7.88. The summed E-state index contributed by atoms with van der Waals surface area (Å²) in [5.41, 5.74) is 3.30. The van der Waals surface area contributed by atoms with Crippen LogP contribution in [0.3, 0.4) is 0 Å². The molecule has 4 aromatic rings. The van der Waals surface area contributed by atoms with Crippen molar-refractivity contribution >= 4 is 32.4 Å². The maximum Gasteiger partial charge on any atom is 0.332 e. The molecule has 2 heterocycles. The lowest BCUT2D eigenvalue weighted by molar-refractivity contribution is 0.575. The minimum atomic E-state index is -3.31. The topological polar surface area (TPSA) is 111 Å². The summed E-state index contributed by atoms with van der Waals surface area (Å²) < 4.78 is 27.8. The van der Waals surface area contributed by atoms with E-state index in [9.17, 15) is 13.2 Å². The second-order valence-corrected chi connectivity index (χ2v) is 9.25. The lowest BCUT2D eigenvalue weighted by Crippen LogP contribution is -2.30. The first-order chi connectivity index (χ1) is 15.3. The minimum absolute atomic E-state index is 0.138. The molecule has 0 atom stereocenters. The van der Waals surface area contributed by atoms with Gasteiger partial charge in [-0.2, -0.15) is 0 Å². The lowest BCUT2D eigenvalue weighted by atomic mass is 10.1. The van der Waals surface area contributed by atoms with Crippen LogP contribution in [-0.2, 0) is 23.0 Å². The maximum absolute atomic E-state index is 12.8. The molecular formula is C22H24N6O3S. The average molecular weight is 453 g/mol. The molecular weight excluding hydrogens is 428 g/mol. The third-order valence-electron chi connectivity index (χ3n) is 5.06. The van der Waals surface area contributed by atoms with Crippen molar-refractivity contribution in [2.75, 3.05) is 18.1 Å². The number of fused-ring (bicyclic) bond motifs is 1. The van der Waals surface area contributed by atoms with Gasteiger partial charge in [0.15, 0.2) is 0 Å². The molecule has 10 heteroatoms. The van der Waals surface area contributed by atoms with Gasteiger partial charge in [0.25, 0.3) is 0 Å². The first-order valence-electron chi connectivity index (χ1n) is 10.2. The van der Waals surface area contributed by atoms with Crippen molar-refractivity contribution in [2.24, 2.45) is 0 Å². The standard InChI is InChI=1S/C22H24N6O3S/c1-3-16-5-4-6-17(13-16)26-21-19-14-18(7-8-20(19)23-15-24-21)28-12-11-27(22(28)29)10-9-25-32(2,30)31/h4-8,11-15,25H,3,9-10H2,1-2H3,(H,23,24,26). The summed E-state index contributed by atoms with van der Waals surface area (Å²) in [6, 6.07) is 13.6. The van der Waals surface area contributed by atoms with Gasteiger partial charge in [0.1, 0.15) is 12.1 Å². The van der Waals surface area contributed by atoms with Crippen molar-refractivity contribution in [3.8, 4) is 5.69 Å². The van der Waals surface area contributed by atoms with Gasteiger partial charge >= 0.3 is 5.69 Å². The molecule has 0 fully saturated rings. The van der Waals surface area contributed by atoms with Crippen LogP contribution in [0, 0.1) is 0 Å². The van der Waals surface area contributed by atoms with Gasteiger partial charge in [0, 0.05) is 36.6 Å². The molecule has 0 amide bonds. The first-order valence-corrected chi connectivity index (χ1v) is 12.1. The van der Waals surface area contributed by atoms with Gasteiger partial charge in [-0.05, 0) is 42.3 Å². The highest BCUT2D eigenvalue weighted by atomic mass is 32.2. The van der Waals surface area contributed by atoms with Crippen molar-refractivity contribution < 1.29 is 8.42 Å². The normalized spacial score (nSPS) is 11.7. The molecule has 0 aliphatic carbocycles. The number of nitrogens with one attached hydrogen (secondary N) is 2. The molecule has 0 aliphatic heterocycles. The number of aryl methyl sites for hydroxylation is 1. The van der Waals surface area contributed by atoms with Gasteiger partial charge in [-0.1, -0.05) is 19.1 Å². The van der Waals surface area contributed by atoms with Crippen LogP contribution in [0.25, 0.3) is 16.6 Å². The SMILES string of the molecule is CCc1cccc(Nc2ncnc3ccc(-n4ccn(CCNS(C)(=O)=O)c4=O)cc23)c1. The molecule has 2 aromatic heterocycles. The van der Waals surface area contributed by atoms with E-state index in [2.05, 4.69) is 39.1 Å². The third-order valence-corrected chi connectivity index (χ3v) is 5.79. The summed E-state index contributed by atoms with van der Waals surface area (Å²) in [4.78, 5) is 21.5. The Labute approximate surface area is 185 Å². The fourth-order valence-electron chi connectivity index (χ4n) is 3.43. The van der Waals surface area contributed by atoms with E-state index in [4.69, 9.17) is 0 Å². The summed E-state index contributed by atoms with van der Waals surface area (Å²) in [5.74, 6) is 0.648. The van der Waals surface area contributed by atoms with Crippen molar-refractivity contribution in [3.63, 3.8) is 0 Å². The van der Waals surface area contributed by atoms with E-state index < -0.39 is 10.0 Å². The van der Waals surface area contributed by atoms with E-state index in [1.165, 1.54) is 21.0 Å². The van der Waals surface area contributed by atoms with Crippen LogP contribution < -0.4 is 15.7 Å². The zero-order valence-corrected chi connectivity index (χ0v) is 18.6. The molecule has 0 aliphatic rings. The Kier molecular flexibility index (Phi) is 6.06. The number of rotatable bonds is 8. The quantitative estimate of drug-likeness (QED) is 0.425. The number of benzene rings is 2. The fourth-order valence-corrected chi connectivity index (χ4v) is 3.89. The molecule has 0 spiro atoms. The zero-order valence-electron chi connectivity index (χ0n) is 17.8. The van der Waals surface area contributed by atoms with Crippen molar-refractivity contribution in [1.29, 1.82) is 0 Å². The van der Waals surface area contributed by atoms with Crippen molar-refractivity contribution in [3.05, 3.63) is 77.2 Å². The molecule has 0 radical (unpaired) electrons. The van der Waals surface area contributed by atoms with E-state index in [1.54, 1.807) is 12.4 Å². The van der Waals surface area contributed by atoms with Crippen LogP contribution in [0.15, 0.2) is 66.0 Å². The number of hydrogen-bond donors (Lipinski definition) is 2. The van der Waals surface area contributed by atoms with Gasteiger partial charge in [0.05, 0.1) is 17.5 Å². The Balaban J connectivity index is 1.65. The van der Waals surface area contributed by atoms with E-state index >= 15 is 0 Å². The van der Waals surface area contributed by atoms with Gasteiger partial charge < -0.3 is 5.32 Å². The van der Waals surface area contributed by atoms with E-state index in [0.717, 1.165) is 29.3 Å². The van der Waals surface area contributed by atoms with Crippen molar-refractivity contribution in [1.82, 2.24) is 23.8 Å². The average Bonchev–Trinajstić information content (AvgIpc) is 3.13. The Bertz CT molecular complexity index is 1430. The van der Waals surface area contributed by atoms with E-state index in [-0.39, 0.29) is 18.8 Å². The molecule has 0 bridgehead atoms. The summed E-state index contributed by atoms with van der Waals surface area (Å²) in [7, 11) is -3.31. The Morgan fingerprint density at radius 3 is 2.69 bits per heavy atom. The second kappa shape index (κ2) is 8.93. The number of aromatic nitrogens is 4. The van der Waals surface area contributed by atoms with Crippen LogP contribution >= 0.6 is 0 Å². The smallest absolute Gasteiger partial charge is 0.332 e. The first kappa shape index (κ1) is 21.7. The van der Waals surface area contributed by atoms with Crippen molar-refractivity contribution in [2.45, 2.75) is 19.9 Å². The number of hydrogen-bond acceptors (Lipinski definition) is 6. The summed E-state index contributed by atoms with van der Waals surface area (Å²) in [5, 5.41) is 4.14. The maximum atomic E-state index is 12.8. The number of sulfonamides is 1. The largest absolute Gasteiger partial charge is 0.340 e. The van der Waals surface area contributed by atoms with Crippen LogP contribution in [-0.4, -0.2) is 40.3 Å². The lowest BCUT2D eigenvalue weighted by Gasteiger charge is -2.11. The second-order valence-electron chi connectivity index (χ2n) is 7.41. The molecule has 32 heavy (non-hydrogen) atoms. The molecule has 4 rings (SSSR count). The van der Waals surface area contributed by atoms with Gasteiger partial charge in [-0.15, -0.1) is 0 Å². The van der Waals surface area contributed by atoms with Crippen LogP contribution in [0.5, 0.6) is 0 Å².